The van der Waals surface area contributed by atoms with Crippen LogP contribution in [-0.4, -0.2) is 38.6 Å². The lowest BCUT2D eigenvalue weighted by Crippen LogP contribution is -2.36. The van der Waals surface area contributed by atoms with Crippen LogP contribution < -0.4 is 4.72 Å². The summed E-state index contributed by atoms with van der Waals surface area (Å²) < 4.78 is 28.9. The van der Waals surface area contributed by atoms with Crippen LogP contribution in [-0.2, 0) is 10.0 Å². The molecule has 2 aromatic rings. The van der Waals surface area contributed by atoms with E-state index in [1.54, 1.807) is 18.2 Å². The highest BCUT2D eigenvalue weighted by atomic mass is 32.2. The summed E-state index contributed by atoms with van der Waals surface area (Å²) in [6.45, 7) is 5.50. The van der Waals surface area contributed by atoms with Crippen LogP contribution in [0, 0.1) is 0 Å². The quantitative estimate of drug-likeness (QED) is 0.655. The number of nitrogens with zero attached hydrogens (tertiary/aromatic N) is 1. The molecule has 0 spiro atoms. The fourth-order valence-corrected chi connectivity index (χ4v) is 5.27. The number of carbonyl (C=O) groups excluding carboxylic acids is 1. The Morgan fingerprint density at radius 3 is 2.41 bits per heavy atom. The van der Waals surface area contributed by atoms with Crippen molar-refractivity contribution in [2.75, 3.05) is 24.1 Å². The highest BCUT2D eigenvalue weighted by Crippen LogP contribution is 2.29. The van der Waals surface area contributed by atoms with Crippen LogP contribution >= 0.6 is 11.8 Å². The number of benzene rings is 2. The van der Waals surface area contributed by atoms with Crippen molar-refractivity contribution in [3.63, 3.8) is 0 Å². The summed E-state index contributed by atoms with van der Waals surface area (Å²) in [5.74, 6) is 0.0951. The van der Waals surface area contributed by atoms with Crippen LogP contribution in [0.15, 0.2) is 52.3 Å². The third-order valence-corrected chi connectivity index (χ3v) is 7.34. The summed E-state index contributed by atoms with van der Waals surface area (Å²) >= 11 is 1.45. The Hall–Kier alpha value is -1.99. The van der Waals surface area contributed by atoms with E-state index < -0.39 is 10.0 Å². The highest BCUT2D eigenvalue weighted by molar-refractivity contribution is 7.98. The van der Waals surface area contributed by atoms with Gasteiger partial charge in [-0.05, 0) is 61.3 Å². The van der Waals surface area contributed by atoms with Crippen LogP contribution in [0.25, 0.3) is 0 Å². The van der Waals surface area contributed by atoms with E-state index in [0.717, 1.165) is 42.8 Å². The molecule has 0 unspecified atom stereocenters. The van der Waals surface area contributed by atoms with Crippen molar-refractivity contribution in [3.05, 3.63) is 53.6 Å². The van der Waals surface area contributed by atoms with Crippen LogP contribution in [0.3, 0.4) is 0 Å². The van der Waals surface area contributed by atoms with Crippen molar-refractivity contribution in [1.29, 1.82) is 0 Å². The van der Waals surface area contributed by atoms with E-state index in [4.69, 9.17) is 0 Å². The Morgan fingerprint density at radius 2 is 1.76 bits per heavy atom. The zero-order valence-corrected chi connectivity index (χ0v) is 18.8. The number of sulfonamides is 1. The molecule has 1 aliphatic heterocycles. The molecule has 1 aliphatic rings. The van der Waals surface area contributed by atoms with Crippen molar-refractivity contribution in [2.45, 2.75) is 48.8 Å². The van der Waals surface area contributed by atoms with E-state index in [-0.39, 0.29) is 16.7 Å². The van der Waals surface area contributed by atoms with Crippen molar-refractivity contribution in [1.82, 2.24) is 4.90 Å². The van der Waals surface area contributed by atoms with Gasteiger partial charge in [0, 0.05) is 18.0 Å². The number of thioether (sulfide) groups is 1. The van der Waals surface area contributed by atoms with Gasteiger partial charge in [0.25, 0.3) is 15.9 Å². The molecular formula is C22H28N2O3S2. The zero-order chi connectivity index (χ0) is 21.0. The number of piperidine rings is 1. The molecule has 1 N–H and O–H groups in total. The van der Waals surface area contributed by atoms with Gasteiger partial charge in [-0.25, -0.2) is 8.42 Å². The molecule has 1 amide bonds. The largest absolute Gasteiger partial charge is 0.339 e. The molecule has 0 aliphatic carbocycles. The molecule has 0 radical (unpaired) electrons. The average Bonchev–Trinajstić information content (AvgIpc) is 2.73. The Balaban J connectivity index is 1.95. The summed E-state index contributed by atoms with van der Waals surface area (Å²) in [4.78, 5) is 15.8. The topological polar surface area (TPSA) is 66.5 Å². The lowest BCUT2D eigenvalue weighted by Gasteiger charge is -2.27. The van der Waals surface area contributed by atoms with Gasteiger partial charge in [-0.1, -0.05) is 32.0 Å². The number of amides is 1. The minimum Gasteiger partial charge on any atom is -0.339 e. The van der Waals surface area contributed by atoms with Crippen molar-refractivity contribution < 1.29 is 13.2 Å². The Labute approximate surface area is 177 Å². The van der Waals surface area contributed by atoms with Crippen molar-refractivity contribution >= 4 is 33.4 Å². The summed E-state index contributed by atoms with van der Waals surface area (Å²) in [7, 11) is -3.81. The second-order valence-electron chi connectivity index (χ2n) is 7.56. The van der Waals surface area contributed by atoms with E-state index in [1.165, 1.54) is 17.8 Å². The number of anilines is 1. The molecular weight excluding hydrogens is 404 g/mol. The number of carbonyl (C=O) groups is 1. The van der Waals surface area contributed by atoms with Gasteiger partial charge in [-0.3, -0.25) is 9.52 Å². The van der Waals surface area contributed by atoms with Crippen LogP contribution in [0.2, 0.25) is 0 Å². The standard InChI is InChI=1S/C22H28N2O3S2/c1-16(2)18-9-5-6-10-20(18)23-29(26,27)17-11-12-21(28-3)19(15-17)22(25)24-13-7-4-8-14-24/h5-6,9-12,15-16,23H,4,7-8,13-14H2,1-3H3. The first-order chi connectivity index (χ1) is 13.8. The minimum absolute atomic E-state index is 0.0892. The molecule has 0 aromatic heterocycles. The van der Waals surface area contributed by atoms with Crippen LogP contribution in [0.1, 0.15) is 54.9 Å². The molecule has 3 rings (SSSR count). The first-order valence-corrected chi connectivity index (χ1v) is 12.6. The van der Waals surface area contributed by atoms with Gasteiger partial charge in [0.1, 0.15) is 0 Å². The van der Waals surface area contributed by atoms with E-state index in [1.807, 2.05) is 43.2 Å². The number of likely N-dealkylation sites (tertiary alicyclic amines) is 1. The molecule has 1 fully saturated rings. The second kappa shape index (κ2) is 9.22. The Kier molecular flexibility index (Phi) is 6.90. The maximum Gasteiger partial charge on any atom is 0.261 e. The summed E-state index contributed by atoms with van der Waals surface area (Å²) in [6, 6.07) is 12.2. The number of para-hydroxylation sites is 1. The number of rotatable bonds is 6. The van der Waals surface area contributed by atoms with Gasteiger partial charge in [0.15, 0.2) is 0 Å². The van der Waals surface area contributed by atoms with Gasteiger partial charge in [-0.15, -0.1) is 11.8 Å². The zero-order valence-electron chi connectivity index (χ0n) is 17.1. The van der Waals surface area contributed by atoms with E-state index in [9.17, 15) is 13.2 Å². The Bertz CT molecular complexity index is 981. The number of hydrogen-bond acceptors (Lipinski definition) is 4. The van der Waals surface area contributed by atoms with Gasteiger partial charge in [0.2, 0.25) is 0 Å². The minimum atomic E-state index is -3.81. The van der Waals surface area contributed by atoms with Gasteiger partial charge >= 0.3 is 0 Å². The Morgan fingerprint density at radius 1 is 1.07 bits per heavy atom. The number of nitrogens with one attached hydrogen (secondary N) is 1. The highest BCUT2D eigenvalue weighted by Gasteiger charge is 2.24. The molecule has 1 saturated heterocycles. The first-order valence-electron chi connectivity index (χ1n) is 9.92. The maximum absolute atomic E-state index is 13.1. The molecule has 1 heterocycles. The second-order valence-corrected chi connectivity index (χ2v) is 10.1. The molecule has 0 atom stereocenters. The fraction of sp³-hybridized carbons (Fsp3) is 0.409. The van der Waals surface area contributed by atoms with Crippen molar-refractivity contribution in [2.24, 2.45) is 0 Å². The third-order valence-electron chi connectivity index (χ3n) is 5.18. The molecule has 29 heavy (non-hydrogen) atoms. The van der Waals surface area contributed by atoms with Gasteiger partial charge in [-0.2, -0.15) is 0 Å². The van der Waals surface area contributed by atoms with Gasteiger partial charge < -0.3 is 4.90 Å². The molecule has 5 nitrogen and oxygen atoms in total. The van der Waals surface area contributed by atoms with E-state index in [2.05, 4.69) is 4.72 Å². The fourth-order valence-electron chi connectivity index (χ4n) is 3.59. The lowest BCUT2D eigenvalue weighted by molar-refractivity contribution is 0.0720. The monoisotopic (exact) mass is 432 g/mol. The van der Waals surface area contributed by atoms with Crippen LogP contribution in [0.4, 0.5) is 5.69 Å². The SMILES string of the molecule is CSc1ccc(S(=O)(=O)Nc2ccccc2C(C)C)cc1C(=O)N1CCCCC1. The first kappa shape index (κ1) is 21.7. The van der Waals surface area contributed by atoms with Crippen LogP contribution in [0.5, 0.6) is 0 Å². The summed E-state index contributed by atoms with van der Waals surface area (Å²) in [6.07, 6.45) is 5.01. The average molecular weight is 433 g/mol. The molecule has 7 heteroatoms. The van der Waals surface area contributed by atoms with E-state index in [0.29, 0.717) is 11.3 Å². The predicted octanol–water partition coefficient (Wildman–Crippen LogP) is 4.96. The molecule has 0 saturated carbocycles. The van der Waals surface area contributed by atoms with Gasteiger partial charge in [0.05, 0.1) is 16.1 Å². The third kappa shape index (κ3) is 4.95. The molecule has 2 aromatic carbocycles. The summed E-state index contributed by atoms with van der Waals surface area (Å²) in [5, 5.41) is 0. The maximum atomic E-state index is 13.1. The summed E-state index contributed by atoms with van der Waals surface area (Å²) in [5.41, 5.74) is 1.96. The smallest absolute Gasteiger partial charge is 0.261 e. The van der Waals surface area contributed by atoms with Crippen molar-refractivity contribution in [3.8, 4) is 0 Å². The molecule has 156 valence electrons. The normalized spacial score (nSPS) is 14.8. The molecule has 0 bridgehead atoms. The predicted molar refractivity (Wildman–Crippen MR) is 119 cm³/mol. The number of hydrogen-bond donors (Lipinski definition) is 1. The van der Waals surface area contributed by atoms with E-state index >= 15 is 0 Å². The lowest BCUT2D eigenvalue weighted by atomic mass is 10.0.